The summed E-state index contributed by atoms with van der Waals surface area (Å²) in [7, 11) is 0. The average Bonchev–Trinajstić information content (AvgIpc) is 2.43. The molecule has 2 rings (SSSR count). The van der Waals surface area contributed by atoms with Gasteiger partial charge >= 0.3 is 0 Å². The Kier molecular flexibility index (Phi) is 5.70. The first-order valence-electron chi connectivity index (χ1n) is 7.52. The number of hydrogen-bond donors (Lipinski definition) is 2. The first-order chi connectivity index (χ1) is 9.99. The molecule has 0 aliphatic carbocycles. The Hall–Kier alpha value is -1.01. The van der Waals surface area contributed by atoms with Crippen molar-refractivity contribution in [3.8, 4) is 0 Å². The molecular formula is C16H25FN2O2. The number of piperazine rings is 1. The maximum atomic E-state index is 13.9. The minimum Gasteiger partial charge on any atom is -0.392 e. The van der Waals surface area contributed by atoms with Crippen molar-refractivity contribution in [1.29, 1.82) is 0 Å². The van der Waals surface area contributed by atoms with Gasteiger partial charge in [-0.25, -0.2) is 4.39 Å². The van der Waals surface area contributed by atoms with E-state index in [-0.39, 0.29) is 18.5 Å². The second-order valence-corrected chi connectivity index (χ2v) is 6.01. The molecule has 0 radical (unpaired) electrons. The molecule has 1 heterocycles. The molecule has 0 bridgehead atoms. The van der Waals surface area contributed by atoms with E-state index in [1.54, 1.807) is 19.1 Å². The molecule has 1 aromatic rings. The van der Waals surface area contributed by atoms with Gasteiger partial charge in [0.05, 0.1) is 12.7 Å². The maximum absolute atomic E-state index is 13.9. The van der Waals surface area contributed by atoms with Crippen LogP contribution in [0.25, 0.3) is 0 Å². The molecule has 2 N–H and O–H groups in total. The standard InChI is InChI=1S/C16H25FN2O2/c1-12-8-18(9-13(2)21)5-6-19(12)10-15-7-14(11-20)3-4-16(15)17/h3-4,7,12-13,20-21H,5-6,8-11H2,1-2H3. The van der Waals surface area contributed by atoms with Gasteiger partial charge in [0.2, 0.25) is 0 Å². The highest BCUT2D eigenvalue weighted by Gasteiger charge is 2.24. The van der Waals surface area contributed by atoms with Gasteiger partial charge in [-0.3, -0.25) is 9.80 Å². The summed E-state index contributed by atoms with van der Waals surface area (Å²) in [5, 5.41) is 18.6. The molecule has 1 aromatic carbocycles. The van der Waals surface area contributed by atoms with E-state index in [9.17, 15) is 9.50 Å². The Morgan fingerprint density at radius 2 is 2.14 bits per heavy atom. The Bertz CT molecular complexity index is 468. The summed E-state index contributed by atoms with van der Waals surface area (Å²) in [5.41, 5.74) is 1.38. The molecule has 118 valence electrons. The molecule has 1 aliphatic heterocycles. The molecule has 1 fully saturated rings. The largest absolute Gasteiger partial charge is 0.392 e. The number of nitrogens with zero attached hydrogens (tertiary/aromatic N) is 2. The van der Waals surface area contributed by atoms with E-state index < -0.39 is 0 Å². The molecule has 0 amide bonds. The zero-order chi connectivity index (χ0) is 15.4. The molecule has 1 saturated heterocycles. The lowest BCUT2D eigenvalue weighted by Crippen LogP contribution is -2.52. The number of halogens is 1. The lowest BCUT2D eigenvalue weighted by atomic mass is 10.1. The van der Waals surface area contributed by atoms with E-state index in [0.29, 0.717) is 24.7 Å². The average molecular weight is 296 g/mol. The van der Waals surface area contributed by atoms with E-state index in [0.717, 1.165) is 25.2 Å². The van der Waals surface area contributed by atoms with E-state index in [2.05, 4.69) is 16.7 Å². The lowest BCUT2D eigenvalue weighted by molar-refractivity contribution is 0.0467. The Morgan fingerprint density at radius 1 is 1.38 bits per heavy atom. The summed E-state index contributed by atoms with van der Waals surface area (Å²) in [4.78, 5) is 4.49. The smallest absolute Gasteiger partial charge is 0.127 e. The molecule has 1 aliphatic rings. The van der Waals surface area contributed by atoms with E-state index in [4.69, 9.17) is 5.11 Å². The van der Waals surface area contributed by atoms with Gasteiger partial charge in [0.25, 0.3) is 0 Å². The van der Waals surface area contributed by atoms with Crippen molar-refractivity contribution in [3.05, 3.63) is 35.1 Å². The maximum Gasteiger partial charge on any atom is 0.127 e. The summed E-state index contributed by atoms with van der Waals surface area (Å²) in [6.07, 6.45) is -0.317. The Balaban J connectivity index is 1.98. The minimum absolute atomic E-state index is 0.0645. The lowest BCUT2D eigenvalue weighted by Gasteiger charge is -2.40. The zero-order valence-electron chi connectivity index (χ0n) is 12.8. The first-order valence-corrected chi connectivity index (χ1v) is 7.52. The van der Waals surface area contributed by atoms with Gasteiger partial charge in [0.1, 0.15) is 5.82 Å². The van der Waals surface area contributed by atoms with Crippen LogP contribution in [0.1, 0.15) is 25.0 Å². The van der Waals surface area contributed by atoms with Crippen molar-refractivity contribution < 1.29 is 14.6 Å². The van der Waals surface area contributed by atoms with Crippen LogP contribution in [0.4, 0.5) is 4.39 Å². The molecule has 0 aromatic heterocycles. The van der Waals surface area contributed by atoms with Crippen LogP contribution < -0.4 is 0 Å². The number of β-amino-alcohol motifs (C(OH)–C–C–N with tert-alkyl or cyclic N) is 1. The van der Waals surface area contributed by atoms with Gasteiger partial charge in [-0.05, 0) is 31.5 Å². The SMILES string of the molecule is CC(O)CN1CCN(Cc2cc(CO)ccc2F)C(C)C1. The van der Waals surface area contributed by atoms with Gasteiger partial charge in [0, 0.05) is 44.3 Å². The van der Waals surface area contributed by atoms with Crippen LogP contribution in [0.2, 0.25) is 0 Å². The van der Waals surface area contributed by atoms with Gasteiger partial charge < -0.3 is 10.2 Å². The highest BCUT2D eigenvalue weighted by atomic mass is 19.1. The highest BCUT2D eigenvalue weighted by Crippen LogP contribution is 2.17. The van der Waals surface area contributed by atoms with Crippen molar-refractivity contribution in [2.45, 2.75) is 39.1 Å². The Labute approximate surface area is 125 Å². The van der Waals surface area contributed by atoms with Crippen molar-refractivity contribution in [1.82, 2.24) is 9.80 Å². The number of rotatable bonds is 5. The van der Waals surface area contributed by atoms with Gasteiger partial charge in [-0.15, -0.1) is 0 Å². The fourth-order valence-corrected chi connectivity index (χ4v) is 2.91. The fourth-order valence-electron chi connectivity index (χ4n) is 2.91. The second-order valence-electron chi connectivity index (χ2n) is 6.01. The second kappa shape index (κ2) is 7.31. The summed E-state index contributed by atoms with van der Waals surface area (Å²) in [5.74, 6) is -0.217. The molecule has 0 spiro atoms. The van der Waals surface area contributed by atoms with Crippen LogP contribution in [-0.2, 0) is 13.2 Å². The molecule has 4 nitrogen and oxygen atoms in total. The first kappa shape index (κ1) is 16.4. The summed E-state index contributed by atoms with van der Waals surface area (Å²) in [6.45, 7) is 7.73. The van der Waals surface area contributed by atoms with E-state index in [1.165, 1.54) is 6.07 Å². The summed E-state index contributed by atoms with van der Waals surface area (Å²) < 4.78 is 13.9. The normalized spacial score (nSPS) is 22.4. The highest BCUT2D eigenvalue weighted by molar-refractivity contribution is 5.24. The van der Waals surface area contributed by atoms with Crippen LogP contribution >= 0.6 is 0 Å². The monoisotopic (exact) mass is 296 g/mol. The van der Waals surface area contributed by atoms with Crippen LogP contribution in [0.15, 0.2) is 18.2 Å². The minimum atomic E-state index is -0.317. The number of aliphatic hydroxyl groups is 2. The molecular weight excluding hydrogens is 271 g/mol. The predicted octanol–water partition coefficient (Wildman–Crippen LogP) is 1.20. The molecule has 0 saturated carbocycles. The summed E-state index contributed by atoms with van der Waals surface area (Å²) >= 11 is 0. The quantitative estimate of drug-likeness (QED) is 0.857. The molecule has 2 atom stereocenters. The van der Waals surface area contributed by atoms with Gasteiger partial charge in [0.15, 0.2) is 0 Å². The van der Waals surface area contributed by atoms with E-state index >= 15 is 0 Å². The molecule has 21 heavy (non-hydrogen) atoms. The number of aliphatic hydroxyl groups excluding tert-OH is 2. The van der Waals surface area contributed by atoms with Gasteiger partial charge in [-0.1, -0.05) is 6.07 Å². The Morgan fingerprint density at radius 3 is 2.76 bits per heavy atom. The molecule has 2 unspecified atom stereocenters. The number of hydrogen-bond acceptors (Lipinski definition) is 4. The third-order valence-corrected chi connectivity index (χ3v) is 4.04. The van der Waals surface area contributed by atoms with Crippen molar-refractivity contribution in [2.24, 2.45) is 0 Å². The van der Waals surface area contributed by atoms with Crippen molar-refractivity contribution >= 4 is 0 Å². The predicted molar refractivity (Wildman–Crippen MR) is 80.3 cm³/mol. The molecule has 5 heteroatoms. The van der Waals surface area contributed by atoms with Crippen molar-refractivity contribution in [3.63, 3.8) is 0 Å². The topological polar surface area (TPSA) is 46.9 Å². The summed E-state index contributed by atoms with van der Waals surface area (Å²) in [6, 6.07) is 5.09. The number of benzene rings is 1. The zero-order valence-corrected chi connectivity index (χ0v) is 12.8. The van der Waals surface area contributed by atoms with Crippen LogP contribution in [0.3, 0.4) is 0 Å². The van der Waals surface area contributed by atoms with E-state index in [1.807, 2.05) is 0 Å². The van der Waals surface area contributed by atoms with Gasteiger partial charge in [-0.2, -0.15) is 0 Å². The third-order valence-electron chi connectivity index (χ3n) is 4.04. The van der Waals surface area contributed by atoms with Crippen molar-refractivity contribution in [2.75, 3.05) is 26.2 Å². The van der Waals surface area contributed by atoms with Crippen LogP contribution in [-0.4, -0.2) is 58.3 Å². The fraction of sp³-hybridized carbons (Fsp3) is 0.625. The third kappa shape index (κ3) is 4.48. The van der Waals surface area contributed by atoms with Crippen LogP contribution in [0.5, 0.6) is 0 Å². The van der Waals surface area contributed by atoms with Crippen LogP contribution in [0, 0.1) is 5.82 Å².